The number of aromatic nitrogens is 2. The van der Waals surface area contributed by atoms with Crippen LogP contribution < -0.4 is 4.72 Å². The summed E-state index contributed by atoms with van der Waals surface area (Å²) < 4.78 is 33.3. The predicted octanol–water partition coefficient (Wildman–Crippen LogP) is 2.89. The van der Waals surface area contributed by atoms with Crippen molar-refractivity contribution >= 4 is 21.7 Å². The van der Waals surface area contributed by atoms with Crippen LogP contribution in [0.1, 0.15) is 53.3 Å². The molecule has 0 saturated heterocycles. The lowest BCUT2D eigenvalue weighted by molar-refractivity contribution is 0.0655. The average molecular weight is 393 g/mol. The Morgan fingerprint density at radius 1 is 1.22 bits per heavy atom. The van der Waals surface area contributed by atoms with E-state index in [1.807, 2.05) is 6.92 Å². The van der Waals surface area contributed by atoms with Crippen LogP contribution in [0.2, 0.25) is 0 Å². The molecule has 9 heteroatoms. The molecule has 8 nitrogen and oxygen atoms in total. The van der Waals surface area contributed by atoms with Gasteiger partial charge in [-0.2, -0.15) is 5.10 Å². The minimum atomic E-state index is -3.93. The Labute approximate surface area is 158 Å². The first-order valence-electron chi connectivity index (χ1n) is 8.75. The highest BCUT2D eigenvalue weighted by Crippen LogP contribution is 2.38. The highest BCUT2D eigenvalue weighted by Gasteiger charge is 2.31. The van der Waals surface area contributed by atoms with Gasteiger partial charge in [0, 0.05) is 13.0 Å². The van der Waals surface area contributed by atoms with Crippen molar-refractivity contribution in [2.75, 3.05) is 11.8 Å². The molecule has 1 aliphatic rings. The second kappa shape index (κ2) is 7.69. The topological polar surface area (TPSA) is 121 Å². The molecular weight excluding hydrogens is 370 g/mol. The van der Waals surface area contributed by atoms with Crippen molar-refractivity contribution in [2.45, 2.75) is 49.5 Å². The molecule has 3 rings (SSSR count). The number of methoxy groups -OCH3 is 1. The number of nitrogens with one attached hydrogen (secondary N) is 2. The van der Waals surface area contributed by atoms with Gasteiger partial charge in [-0.1, -0.05) is 17.7 Å². The number of H-pyrrole nitrogens is 1. The molecule has 3 N–H and O–H groups in total. The number of hydrogen-bond donors (Lipinski definition) is 3. The Balaban J connectivity index is 1.93. The Bertz CT molecular complexity index is 913. The third-order valence-corrected chi connectivity index (χ3v) is 6.35. The number of carboxylic acid groups (broad SMARTS) is 1. The molecule has 0 bridgehead atoms. The number of aromatic carboxylic acids is 1. The van der Waals surface area contributed by atoms with Crippen LogP contribution in [0.5, 0.6) is 0 Å². The highest BCUT2D eigenvalue weighted by atomic mass is 32.2. The fourth-order valence-electron chi connectivity index (χ4n) is 3.41. The number of benzene rings is 1. The summed E-state index contributed by atoms with van der Waals surface area (Å²) in [6, 6.07) is 6.35. The van der Waals surface area contributed by atoms with Gasteiger partial charge in [0.05, 0.1) is 16.7 Å². The monoisotopic (exact) mass is 393 g/mol. The zero-order chi connectivity index (χ0) is 19.6. The number of carbonyl (C=O) groups is 1. The van der Waals surface area contributed by atoms with Crippen molar-refractivity contribution < 1.29 is 23.1 Å². The number of nitrogens with zero attached hydrogens (tertiary/aromatic N) is 1. The summed E-state index contributed by atoms with van der Waals surface area (Å²) in [5.74, 6) is -1.29. The van der Waals surface area contributed by atoms with Crippen molar-refractivity contribution in [1.82, 2.24) is 10.2 Å². The minimum Gasteiger partial charge on any atom is -0.476 e. The van der Waals surface area contributed by atoms with Crippen molar-refractivity contribution in [3.05, 3.63) is 41.2 Å². The van der Waals surface area contributed by atoms with Gasteiger partial charge < -0.3 is 9.84 Å². The number of sulfonamides is 1. The zero-order valence-electron chi connectivity index (χ0n) is 15.2. The summed E-state index contributed by atoms with van der Waals surface area (Å²) in [7, 11) is -2.26. The van der Waals surface area contributed by atoms with Gasteiger partial charge in [-0.05, 0) is 44.7 Å². The number of rotatable bonds is 6. The molecular formula is C18H23N3O5S. The standard InChI is InChI=1S/C18H23N3O5S/c1-11-3-9-14(10-4-11)27(24,25)21-16-15(19-20-17(16)18(22)23)12-5-7-13(26-2)8-6-12/h3-4,9-10,12-13,21H,5-8H2,1-2H3,(H,19,20)(H,22,23)/t12-,13+. The molecule has 0 spiro atoms. The van der Waals surface area contributed by atoms with Crippen molar-refractivity contribution in [3.8, 4) is 0 Å². The van der Waals surface area contributed by atoms with Crippen molar-refractivity contribution in [3.63, 3.8) is 0 Å². The van der Waals surface area contributed by atoms with E-state index < -0.39 is 16.0 Å². The van der Waals surface area contributed by atoms with Gasteiger partial charge in [0.25, 0.3) is 10.0 Å². The van der Waals surface area contributed by atoms with Crippen LogP contribution >= 0.6 is 0 Å². The maximum Gasteiger partial charge on any atom is 0.358 e. The van der Waals surface area contributed by atoms with Gasteiger partial charge in [0.15, 0.2) is 5.69 Å². The second-order valence-electron chi connectivity index (χ2n) is 6.79. The number of carboxylic acids is 1. The third kappa shape index (κ3) is 4.14. The second-order valence-corrected chi connectivity index (χ2v) is 8.48. The minimum absolute atomic E-state index is 0.00674. The molecule has 1 aromatic heterocycles. The Morgan fingerprint density at radius 2 is 1.85 bits per heavy atom. The van der Waals surface area contributed by atoms with Crippen LogP contribution in [0, 0.1) is 6.92 Å². The van der Waals surface area contributed by atoms with E-state index in [9.17, 15) is 18.3 Å². The fourth-order valence-corrected chi connectivity index (χ4v) is 4.49. The van der Waals surface area contributed by atoms with Crippen LogP contribution in [0.4, 0.5) is 5.69 Å². The number of hydrogen-bond acceptors (Lipinski definition) is 5. The normalized spacial score (nSPS) is 20.4. The lowest BCUT2D eigenvalue weighted by Crippen LogP contribution is -2.21. The number of aromatic amines is 1. The summed E-state index contributed by atoms with van der Waals surface area (Å²) >= 11 is 0. The van der Waals surface area contributed by atoms with E-state index in [2.05, 4.69) is 14.9 Å². The molecule has 0 amide bonds. The van der Waals surface area contributed by atoms with Gasteiger partial charge >= 0.3 is 5.97 Å². The summed E-state index contributed by atoms with van der Waals surface area (Å²) in [4.78, 5) is 11.6. The van der Waals surface area contributed by atoms with Gasteiger partial charge in [-0.15, -0.1) is 0 Å². The summed E-state index contributed by atoms with van der Waals surface area (Å²) in [6.45, 7) is 1.86. The van der Waals surface area contributed by atoms with Crippen LogP contribution in [-0.4, -0.2) is 42.9 Å². The van der Waals surface area contributed by atoms with Crippen LogP contribution in [0.15, 0.2) is 29.2 Å². The zero-order valence-corrected chi connectivity index (χ0v) is 16.0. The number of ether oxygens (including phenoxy) is 1. The average Bonchev–Trinajstić information content (AvgIpc) is 3.05. The smallest absolute Gasteiger partial charge is 0.358 e. The molecule has 146 valence electrons. The maximum atomic E-state index is 12.8. The predicted molar refractivity (Wildman–Crippen MR) is 99.5 cm³/mol. The number of anilines is 1. The van der Waals surface area contributed by atoms with Gasteiger partial charge in [-0.3, -0.25) is 9.82 Å². The van der Waals surface area contributed by atoms with Crippen LogP contribution in [-0.2, 0) is 14.8 Å². The number of aryl methyl sites for hydroxylation is 1. The van der Waals surface area contributed by atoms with Gasteiger partial charge in [0.1, 0.15) is 5.69 Å². The third-order valence-electron chi connectivity index (χ3n) is 4.98. The van der Waals surface area contributed by atoms with E-state index in [0.717, 1.165) is 31.2 Å². The molecule has 1 heterocycles. The first-order chi connectivity index (χ1) is 12.8. The molecule has 27 heavy (non-hydrogen) atoms. The van der Waals surface area contributed by atoms with E-state index >= 15 is 0 Å². The first kappa shape index (κ1) is 19.4. The molecule has 0 atom stereocenters. The molecule has 1 saturated carbocycles. The lowest BCUT2D eigenvalue weighted by atomic mass is 9.84. The molecule has 1 fully saturated rings. The molecule has 1 aliphatic carbocycles. The first-order valence-corrected chi connectivity index (χ1v) is 10.2. The lowest BCUT2D eigenvalue weighted by Gasteiger charge is -2.27. The highest BCUT2D eigenvalue weighted by molar-refractivity contribution is 7.92. The fraction of sp³-hybridized carbons (Fsp3) is 0.444. The van der Waals surface area contributed by atoms with E-state index in [-0.39, 0.29) is 28.3 Å². The molecule has 0 unspecified atom stereocenters. The van der Waals surface area contributed by atoms with Gasteiger partial charge in [0.2, 0.25) is 0 Å². The van der Waals surface area contributed by atoms with Crippen LogP contribution in [0.3, 0.4) is 0 Å². The van der Waals surface area contributed by atoms with E-state index in [1.165, 1.54) is 12.1 Å². The quantitative estimate of drug-likeness (QED) is 0.694. The summed E-state index contributed by atoms with van der Waals surface area (Å²) in [6.07, 6.45) is 3.35. The largest absolute Gasteiger partial charge is 0.476 e. The molecule has 0 aliphatic heterocycles. The van der Waals surface area contributed by atoms with E-state index in [0.29, 0.717) is 5.69 Å². The Kier molecular flexibility index (Phi) is 5.52. The van der Waals surface area contributed by atoms with Crippen molar-refractivity contribution in [1.29, 1.82) is 0 Å². The molecule has 1 aromatic carbocycles. The molecule has 0 radical (unpaired) electrons. The molecule has 2 aromatic rings. The summed E-state index contributed by atoms with van der Waals surface area (Å²) in [5, 5.41) is 16.0. The Morgan fingerprint density at radius 3 is 2.41 bits per heavy atom. The maximum absolute atomic E-state index is 12.8. The summed E-state index contributed by atoms with van der Waals surface area (Å²) in [5.41, 5.74) is 1.13. The Hall–Kier alpha value is -2.39. The van der Waals surface area contributed by atoms with Gasteiger partial charge in [-0.25, -0.2) is 13.2 Å². The SMILES string of the molecule is CO[C@H]1CC[C@@H](c2[nH]nc(C(=O)O)c2NS(=O)(=O)c2ccc(C)cc2)CC1. The van der Waals surface area contributed by atoms with Crippen LogP contribution in [0.25, 0.3) is 0 Å². The van der Waals surface area contributed by atoms with Crippen molar-refractivity contribution in [2.24, 2.45) is 0 Å². The van der Waals surface area contributed by atoms with E-state index in [4.69, 9.17) is 4.74 Å². The van der Waals surface area contributed by atoms with E-state index in [1.54, 1.807) is 19.2 Å².